The Balaban J connectivity index is 1.47. The van der Waals surface area contributed by atoms with Crippen LogP contribution in [0.4, 0.5) is 5.69 Å². The Morgan fingerprint density at radius 3 is 2.53 bits per heavy atom. The number of halogens is 1. The fourth-order valence-electron chi connectivity index (χ4n) is 3.18. The van der Waals surface area contributed by atoms with Crippen LogP contribution in [0.5, 0.6) is 23.0 Å². The number of benzene rings is 3. The normalized spacial score (nSPS) is 12.0. The molecule has 4 rings (SSSR count). The van der Waals surface area contributed by atoms with Crippen molar-refractivity contribution in [2.45, 2.75) is 27.0 Å². The van der Waals surface area contributed by atoms with E-state index < -0.39 is 0 Å². The molecule has 3 aromatic rings. The summed E-state index contributed by atoms with van der Waals surface area (Å²) in [5, 5.41) is 3.90. The van der Waals surface area contributed by atoms with Gasteiger partial charge >= 0.3 is 0 Å². The molecular formula is C24H24ClNO4. The first-order chi connectivity index (χ1) is 14.6. The van der Waals surface area contributed by atoms with Crippen LogP contribution < -0.4 is 24.3 Å². The largest absolute Gasteiger partial charge is 0.490 e. The average molecular weight is 426 g/mol. The van der Waals surface area contributed by atoms with E-state index in [-0.39, 0.29) is 6.79 Å². The summed E-state index contributed by atoms with van der Waals surface area (Å²) in [6.45, 7) is 5.79. The fraction of sp³-hybridized carbons (Fsp3) is 0.250. The standard InChI is InChI=1S/C24H24ClNO4/c1-3-27-23-11-18(13-26-19-8-9-21-22(12-19)30-15-29-21)10-20(25)24(23)28-14-17-6-4-16(2)5-7-17/h4-12,26H,3,13-15H2,1-2H3. The van der Waals surface area contributed by atoms with Crippen LogP contribution in [-0.4, -0.2) is 13.4 Å². The van der Waals surface area contributed by atoms with Gasteiger partial charge in [-0.05, 0) is 49.2 Å². The summed E-state index contributed by atoms with van der Waals surface area (Å²) in [6.07, 6.45) is 0. The molecule has 0 aliphatic carbocycles. The van der Waals surface area contributed by atoms with Gasteiger partial charge in [0.25, 0.3) is 0 Å². The van der Waals surface area contributed by atoms with Gasteiger partial charge in [0.1, 0.15) is 6.61 Å². The molecule has 6 heteroatoms. The highest BCUT2D eigenvalue weighted by Gasteiger charge is 2.15. The zero-order chi connectivity index (χ0) is 20.9. The van der Waals surface area contributed by atoms with Gasteiger partial charge in [-0.1, -0.05) is 41.4 Å². The highest BCUT2D eigenvalue weighted by molar-refractivity contribution is 6.32. The first-order valence-electron chi connectivity index (χ1n) is 9.89. The van der Waals surface area contributed by atoms with E-state index in [0.717, 1.165) is 28.3 Å². The maximum Gasteiger partial charge on any atom is 0.231 e. The van der Waals surface area contributed by atoms with Crippen molar-refractivity contribution >= 4 is 17.3 Å². The van der Waals surface area contributed by atoms with E-state index in [1.54, 1.807) is 0 Å². The summed E-state index contributed by atoms with van der Waals surface area (Å²) < 4.78 is 22.6. The SMILES string of the molecule is CCOc1cc(CNc2ccc3c(c2)OCO3)cc(Cl)c1OCc1ccc(C)cc1. The highest BCUT2D eigenvalue weighted by Crippen LogP contribution is 2.38. The number of nitrogens with one attached hydrogen (secondary N) is 1. The van der Waals surface area contributed by atoms with E-state index in [2.05, 4.69) is 24.4 Å². The van der Waals surface area contributed by atoms with Gasteiger partial charge in [-0.3, -0.25) is 0 Å². The molecule has 1 heterocycles. The minimum Gasteiger partial charge on any atom is -0.490 e. The predicted molar refractivity (Wildman–Crippen MR) is 118 cm³/mol. The monoisotopic (exact) mass is 425 g/mol. The third kappa shape index (κ3) is 4.74. The topological polar surface area (TPSA) is 49.0 Å². The van der Waals surface area contributed by atoms with E-state index in [1.165, 1.54) is 5.56 Å². The van der Waals surface area contributed by atoms with Crippen molar-refractivity contribution in [1.29, 1.82) is 0 Å². The molecule has 0 amide bonds. The molecule has 0 saturated carbocycles. The maximum absolute atomic E-state index is 6.55. The van der Waals surface area contributed by atoms with Gasteiger partial charge in [0, 0.05) is 18.3 Å². The van der Waals surface area contributed by atoms with Crippen LogP contribution in [0.3, 0.4) is 0 Å². The van der Waals surface area contributed by atoms with Gasteiger partial charge < -0.3 is 24.3 Å². The molecule has 0 radical (unpaired) electrons. The minimum absolute atomic E-state index is 0.260. The lowest BCUT2D eigenvalue weighted by molar-refractivity contribution is 0.174. The molecule has 0 spiro atoms. The van der Waals surface area contributed by atoms with Crippen LogP contribution in [0.1, 0.15) is 23.6 Å². The quantitative estimate of drug-likeness (QED) is 0.482. The van der Waals surface area contributed by atoms with Crippen LogP contribution in [0, 0.1) is 6.92 Å². The van der Waals surface area contributed by atoms with Crippen molar-refractivity contribution in [2.24, 2.45) is 0 Å². The molecule has 156 valence electrons. The molecule has 0 aromatic heterocycles. The summed E-state index contributed by atoms with van der Waals surface area (Å²) in [7, 11) is 0. The minimum atomic E-state index is 0.260. The second kappa shape index (κ2) is 9.18. The molecule has 0 atom stereocenters. The second-order valence-corrected chi connectivity index (χ2v) is 7.44. The van der Waals surface area contributed by atoms with Gasteiger partial charge in [0.15, 0.2) is 23.0 Å². The summed E-state index contributed by atoms with van der Waals surface area (Å²) in [6, 6.07) is 17.9. The van der Waals surface area contributed by atoms with Gasteiger partial charge in [0.2, 0.25) is 6.79 Å². The molecule has 1 aliphatic heterocycles. The number of ether oxygens (including phenoxy) is 4. The molecule has 1 aliphatic rings. The van der Waals surface area contributed by atoms with Crippen LogP contribution in [0.2, 0.25) is 5.02 Å². The molecule has 1 N–H and O–H groups in total. The van der Waals surface area contributed by atoms with E-state index in [0.29, 0.717) is 36.3 Å². The Bertz CT molecular complexity index is 1020. The van der Waals surface area contributed by atoms with Crippen molar-refractivity contribution in [3.8, 4) is 23.0 Å². The smallest absolute Gasteiger partial charge is 0.231 e. The van der Waals surface area contributed by atoms with Crippen molar-refractivity contribution in [1.82, 2.24) is 0 Å². The molecule has 0 unspecified atom stereocenters. The molecule has 0 saturated heterocycles. The van der Waals surface area contributed by atoms with Crippen LogP contribution in [0.15, 0.2) is 54.6 Å². The van der Waals surface area contributed by atoms with Gasteiger partial charge in [-0.2, -0.15) is 0 Å². The Labute approximate surface area is 181 Å². The van der Waals surface area contributed by atoms with Gasteiger partial charge in [-0.25, -0.2) is 0 Å². The first-order valence-corrected chi connectivity index (χ1v) is 10.3. The van der Waals surface area contributed by atoms with E-state index in [1.807, 2.05) is 49.4 Å². The Morgan fingerprint density at radius 2 is 1.73 bits per heavy atom. The number of aryl methyl sites for hydroxylation is 1. The lowest BCUT2D eigenvalue weighted by atomic mass is 10.1. The fourth-order valence-corrected chi connectivity index (χ4v) is 3.46. The zero-order valence-corrected chi connectivity index (χ0v) is 17.8. The summed E-state index contributed by atoms with van der Waals surface area (Å²) in [5.74, 6) is 2.70. The molecular weight excluding hydrogens is 402 g/mol. The van der Waals surface area contributed by atoms with Crippen molar-refractivity contribution < 1.29 is 18.9 Å². The number of hydrogen-bond donors (Lipinski definition) is 1. The number of anilines is 1. The van der Waals surface area contributed by atoms with Crippen molar-refractivity contribution in [3.05, 3.63) is 76.3 Å². The first kappa shape index (κ1) is 20.2. The average Bonchev–Trinajstić information content (AvgIpc) is 3.21. The summed E-state index contributed by atoms with van der Waals surface area (Å²) in [4.78, 5) is 0. The predicted octanol–water partition coefficient (Wildman–Crippen LogP) is 5.97. The van der Waals surface area contributed by atoms with E-state index in [4.69, 9.17) is 30.5 Å². The van der Waals surface area contributed by atoms with Gasteiger partial charge in [0.05, 0.1) is 11.6 Å². The van der Waals surface area contributed by atoms with Crippen LogP contribution in [-0.2, 0) is 13.2 Å². The van der Waals surface area contributed by atoms with E-state index in [9.17, 15) is 0 Å². The Kier molecular flexibility index (Phi) is 6.19. The van der Waals surface area contributed by atoms with Crippen LogP contribution >= 0.6 is 11.6 Å². The Morgan fingerprint density at radius 1 is 0.933 bits per heavy atom. The number of hydrogen-bond acceptors (Lipinski definition) is 5. The van der Waals surface area contributed by atoms with Crippen molar-refractivity contribution in [2.75, 3.05) is 18.7 Å². The molecule has 30 heavy (non-hydrogen) atoms. The summed E-state index contributed by atoms with van der Waals surface area (Å²) in [5.41, 5.74) is 4.22. The zero-order valence-electron chi connectivity index (χ0n) is 17.0. The van der Waals surface area contributed by atoms with Gasteiger partial charge in [-0.15, -0.1) is 0 Å². The number of fused-ring (bicyclic) bond motifs is 1. The Hall–Kier alpha value is -3.05. The molecule has 0 fully saturated rings. The van der Waals surface area contributed by atoms with E-state index >= 15 is 0 Å². The van der Waals surface area contributed by atoms with Crippen LogP contribution in [0.25, 0.3) is 0 Å². The lowest BCUT2D eigenvalue weighted by Crippen LogP contribution is -2.04. The lowest BCUT2D eigenvalue weighted by Gasteiger charge is -2.16. The highest BCUT2D eigenvalue weighted by atomic mass is 35.5. The maximum atomic E-state index is 6.55. The van der Waals surface area contributed by atoms with Crippen molar-refractivity contribution in [3.63, 3.8) is 0 Å². The molecule has 3 aromatic carbocycles. The number of rotatable bonds is 8. The molecule has 5 nitrogen and oxygen atoms in total. The third-order valence-corrected chi connectivity index (χ3v) is 5.02. The third-order valence-electron chi connectivity index (χ3n) is 4.74. The summed E-state index contributed by atoms with van der Waals surface area (Å²) >= 11 is 6.55. The second-order valence-electron chi connectivity index (χ2n) is 7.03. The molecule has 0 bridgehead atoms.